The van der Waals surface area contributed by atoms with Crippen molar-refractivity contribution in [2.75, 3.05) is 0 Å². The molecule has 3 heteroatoms. The summed E-state index contributed by atoms with van der Waals surface area (Å²) in [5.41, 5.74) is 0.734. The SMILES string of the molecule is Cc1ocnc1CC#N. The Morgan fingerprint density at radius 1 is 1.89 bits per heavy atom. The highest BCUT2D eigenvalue weighted by Crippen LogP contribution is 2.03. The maximum atomic E-state index is 8.23. The lowest BCUT2D eigenvalue weighted by Gasteiger charge is -1.82. The van der Waals surface area contributed by atoms with Gasteiger partial charge in [-0.2, -0.15) is 5.26 Å². The molecule has 1 rings (SSSR count). The van der Waals surface area contributed by atoms with E-state index < -0.39 is 0 Å². The van der Waals surface area contributed by atoms with Gasteiger partial charge in [-0.1, -0.05) is 0 Å². The van der Waals surface area contributed by atoms with Crippen molar-refractivity contribution in [3.05, 3.63) is 17.8 Å². The lowest BCUT2D eigenvalue weighted by Crippen LogP contribution is -1.82. The third-order valence-corrected chi connectivity index (χ3v) is 1.09. The second-order valence-electron chi connectivity index (χ2n) is 1.69. The third-order valence-electron chi connectivity index (χ3n) is 1.09. The molecule has 0 atom stereocenters. The molecule has 0 saturated carbocycles. The lowest BCUT2D eigenvalue weighted by molar-refractivity contribution is 0.525. The van der Waals surface area contributed by atoms with Gasteiger partial charge in [0.05, 0.1) is 18.2 Å². The minimum atomic E-state index is 0.336. The molecule has 0 aliphatic carbocycles. The summed E-state index contributed by atoms with van der Waals surface area (Å²) in [6.45, 7) is 1.79. The van der Waals surface area contributed by atoms with Gasteiger partial charge in [0.25, 0.3) is 0 Å². The highest BCUT2D eigenvalue weighted by molar-refractivity contribution is 5.09. The van der Waals surface area contributed by atoms with E-state index in [-0.39, 0.29) is 0 Å². The van der Waals surface area contributed by atoms with Crippen LogP contribution in [0.1, 0.15) is 11.5 Å². The monoisotopic (exact) mass is 122 g/mol. The number of rotatable bonds is 1. The van der Waals surface area contributed by atoms with Gasteiger partial charge in [-0.3, -0.25) is 0 Å². The van der Waals surface area contributed by atoms with Crippen molar-refractivity contribution in [1.29, 1.82) is 5.26 Å². The summed E-state index contributed by atoms with van der Waals surface area (Å²) < 4.78 is 4.85. The van der Waals surface area contributed by atoms with Crippen LogP contribution in [-0.2, 0) is 6.42 Å². The number of nitriles is 1. The summed E-state index contributed by atoms with van der Waals surface area (Å²) in [5.74, 6) is 0.733. The van der Waals surface area contributed by atoms with Crippen molar-refractivity contribution >= 4 is 0 Å². The van der Waals surface area contributed by atoms with Crippen LogP contribution >= 0.6 is 0 Å². The van der Waals surface area contributed by atoms with E-state index in [0.29, 0.717) is 6.42 Å². The van der Waals surface area contributed by atoms with Gasteiger partial charge in [-0.15, -0.1) is 0 Å². The summed E-state index contributed by atoms with van der Waals surface area (Å²) in [4.78, 5) is 3.82. The molecule has 3 nitrogen and oxygen atoms in total. The van der Waals surface area contributed by atoms with Crippen LogP contribution in [0.4, 0.5) is 0 Å². The molecule has 0 spiro atoms. The van der Waals surface area contributed by atoms with Crippen LogP contribution in [-0.4, -0.2) is 4.98 Å². The number of aryl methyl sites for hydroxylation is 1. The molecule has 0 fully saturated rings. The zero-order valence-electron chi connectivity index (χ0n) is 5.09. The third kappa shape index (κ3) is 1.08. The quantitative estimate of drug-likeness (QED) is 0.559. The summed E-state index contributed by atoms with van der Waals surface area (Å²) >= 11 is 0. The van der Waals surface area contributed by atoms with E-state index in [4.69, 9.17) is 9.68 Å². The first kappa shape index (κ1) is 5.83. The fraction of sp³-hybridized carbons (Fsp3) is 0.333. The van der Waals surface area contributed by atoms with Crippen LogP contribution in [0, 0.1) is 18.3 Å². The molecule has 0 aromatic carbocycles. The van der Waals surface area contributed by atoms with Crippen LogP contribution in [0.15, 0.2) is 10.8 Å². The molecule has 0 aliphatic heterocycles. The Bertz CT molecular complexity index is 233. The number of aromatic nitrogens is 1. The first-order valence-electron chi connectivity index (χ1n) is 2.60. The largest absolute Gasteiger partial charge is 0.448 e. The Hall–Kier alpha value is -1.30. The van der Waals surface area contributed by atoms with Crippen LogP contribution in [0.2, 0.25) is 0 Å². The topological polar surface area (TPSA) is 49.8 Å². The molecule has 0 radical (unpaired) electrons. The van der Waals surface area contributed by atoms with E-state index in [2.05, 4.69) is 4.98 Å². The maximum Gasteiger partial charge on any atom is 0.181 e. The van der Waals surface area contributed by atoms with Crippen molar-refractivity contribution in [1.82, 2.24) is 4.98 Å². The fourth-order valence-electron chi connectivity index (χ4n) is 0.573. The highest BCUT2D eigenvalue weighted by atomic mass is 16.3. The zero-order chi connectivity index (χ0) is 6.69. The van der Waals surface area contributed by atoms with Crippen molar-refractivity contribution in [2.24, 2.45) is 0 Å². The van der Waals surface area contributed by atoms with Gasteiger partial charge in [0.1, 0.15) is 5.76 Å². The summed E-state index contributed by atoms with van der Waals surface area (Å²) in [5, 5.41) is 8.23. The average molecular weight is 122 g/mol. The average Bonchev–Trinajstić information content (AvgIpc) is 2.18. The lowest BCUT2D eigenvalue weighted by atomic mass is 10.3. The van der Waals surface area contributed by atoms with Gasteiger partial charge in [0.2, 0.25) is 0 Å². The summed E-state index contributed by atoms with van der Waals surface area (Å²) in [6.07, 6.45) is 1.68. The predicted octanol–water partition coefficient (Wildman–Crippen LogP) is 1.05. The molecule has 0 bridgehead atoms. The first-order chi connectivity index (χ1) is 4.34. The van der Waals surface area contributed by atoms with Gasteiger partial charge < -0.3 is 4.42 Å². The standard InChI is InChI=1S/C6H6N2O/c1-5-6(2-3-7)8-4-9-5/h4H,2H2,1H3. The van der Waals surface area contributed by atoms with E-state index in [1.165, 1.54) is 6.39 Å². The summed E-state index contributed by atoms with van der Waals surface area (Å²) in [7, 11) is 0. The number of oxazole rings is 1. The van der Waals surface area contributed by atoms with Crippen LogP contribution in [0.5, 0.6) is 0 Å². The van der Waals surface area contributed by atoms with E-state index in [9.17, 15) is 0 Å². The van der Waals surface area contributed by atoms with Gasteiger partial charge in [-0.25, -0.2) is 4.98 Å². The molecule has 0 amide bonds. The van der Waals surface area contributed by atoms with E-state index >= 15 is 0 Å². The Morgan fingerprint density at radius 3 is 3.11 bits per heavy atom. The molecule has 1 heterocycles. The van der Waals surface area contributed by atoms with Crippen molar-refractivity contribution in [3.8, 4) is 6.07 Å². The van der Waals surface area contributed by atoms with Gasteiger partial charge in [0.15, 0.2) is 6.39 Å². The Balaban J connectivity index is 2.84. The fourth-order valence-corrected chi connectivity index (χ4v) is 0.573. The van der Waals surface area contributed by atoms with E-state index in [0.717, 1.165) is 11.5 Å². The number of hydrogen-bond donors (Lipinski definition) is 0. The minimum absolute atomic E-state index is 0.336. The molecule has 0 unspecified atom stereocenters. The van der Waals surface area contributed by atoms with Gasteiger partial charge in [-0.05, 0) is 6.92 Å². The second-order valence-corrected chi connectivity index (χ2v) is 1.69. The Kier molecular flexibility index (Phi) is 1.50. The summed E-state index contributed by atoms with van der Waals surface area (Å²) in [6, 6.07) is 1.99. The molecule has 9 heavy (non-hydrogen) atoms. The first-order valence-corrected chi connectivity index (χ1v) is 2.60. The van der Waals surface area contributed by atoms with Crippen LogP contribution in [0.3, 0.4) is 0 Å². The van der Waals surface area contributed by atoms with Crippen molar-refractivity contribution < 1.29 is 4.42 Å². The Morgan fingerprint density at radius 2 is 2.67 bits per heavy atom. The molecule has 1 aromatic heterocycles. The molecule has 0 aliphatic rings. The molecule has 1 aromatic rings. The minimum Gasteiger partial charge on any atom is -0.448 e. The van der Waals surface area contributed by atoms with Crippen molar-refractivity contribution in [2.45, 2.75) is 13.3 Å². The predicted molar refractivity (Wildman–Crippen MR) is 30.6 cm³/mol. The smallest absolute Gasteiger partial charge is 0.181 e. The van der Waals surface area contributed by atoms with E-state index in [1.807, 2.05) is 6.07 Å². The highest BCUT2D eigenvalue weighted by Gasteiger charge is 1.99. The second kappa shape index (κ2) is 2.31. The molecular formula is C6H6N2O. The van der Waals surface area contributed by atoms with Crippen LogP contribution < -0.4 is 0 Å². The zero-order valence-corrected chi connectivity index (χ0v) is 5.09. The van der Waals surface area contributed by atoms with Gasteiger partial charge in [0, 0.05) is 0 Å². The molecular weight excluding hydrogens is 116 g/mol. The molecule has 0 N–H and O–H groups in total. The number of nitrogens with zero attached hydrogens (tertiary/aromatic N) is 2. The maximum absolute atomic E-state index is 8.23. The Labute approximate surface area is 52.9 Å². The molecule has 0 saturated heterocycles. The van der Waals surface area contributed by atoms with E-state index in [1.54, 1.807) is 6.92 Å². The van der Waals surface area contributed by atoms with Crippen molar-refractivity contribution in [3.63, 3.8) is 0 Å². The number of hydrogen-bond acceptors (Lipinski definition) is 3. The van der Waals surface area contributed by atoms with Gasteiger partial charge >= 0.3 is 0 Å². The van der Waals surface area contributed by atoms with Crippen LogP contribution in [0.25, 0.3) is 0 Å². The normalized spacial score (nSPS) is 8.89. The molecule has 46 valence electrons.